The maximum Gasteiger partial charge on any atom is 0.397 e. The Kier molecular flexibility index (Phi) is 6.96. The molecule has 3 fully saturated rings. The van der Waals surface area contributed by atoms with Crippen LogP contribution in [0.2, 0.25) is 0 Å². The first-order valence-electron chi connectivity index (χ1n) is 13.3. The summed E-state index contributed by atoms with van der Waals surface area (Å²) in [6.45, 7) is 11.7. The topological polar surface area (TPSA) is 80.7 Å². The van der Waals surface area contributed by atoms with Gasteiger partial charge in [-0.1, -0.05) is 59.5 Å². The van der Waals surface area contributed by atoms with Crippen molar-refractivity contribution in [2.45, 2.75) is 111 Å². The first-order chi connectivity index (χ1) is 15.3. The van der Waals surface area contributed by atoms with Crippen molar-refractivity contribution in [1.82, 2.24) is 0 Å². The minimum Gasteiger partial charge on any atom is -0.295 e. The number of Topliss-reactive ketones (excluding diaryl/α,β-unsaturated/α-hetero) is 1. The highest BCUT2D eigenvalue weighted by Crippen LogP contribution is 2.65. The van der Waals surface area contributed by atoms with Gasteiger partial charge >= 0.3 is 10.4 Å². The third-order valence-electron chi connectivity index (χ3n) is 10.2. The van der Waals surface area contributed by atoms with Gasteiger partial charge in [0, 0.05) is 12.0 Å². The summed E-state index contributed by atoms with van der Waals surface area (Å²) in [5, 5.41) is 0. The van der Waals surface area contributed by atoms with Crippen molar-refractivity contribution in [2.24, 2.45) is 40.4 Å². The molecule has 4 aliphatic rings. The molecule has 0 aromatic carbocycles. The number of hydrogen-bond acceptors (Lipinski definition) is 4. The summed E-state index contributed by atoms with van der Waals surface area (Å²) in [4.78, 5) is 13.5. The molecule has 0 bridgehead atoms. The van der Waals surface area contributed by atoms with E-state index in [1.165, 1.54) is 30.4 Å². The molecule has 4 aliphatic carbocycles. The Bertz CT molecular complexity index is 905. The quantitative estimate of drug-likeness (QED) is 0.419. The minimum absolute atomic E-state index is 0.0225. The normalized spacial score (nSPS) is 39.9. The summed E-state index contributed by atoms with van der Waals surface area (Å²) in [6, 6.07) is 0. The standard InChI is InChI=1S/C27H44O5S/c1-17(2)7-6-8-18(3)23-16-24(28)25-21-10-9-19-15-20(32-33(29,30)31)11-13-26(19,4)22(21)12-14-27(23,25)5/h17-20,22-23H,6-16H2,1-5H3,(H,29,30,31)/t18-,19+,20+,22?,23-,26+,27-/m1/s1. The van der Waals surface area contributed by atoms with Gasteiger partial charge in [0.1, 0.15) is 0 Å². The second kappa shape index (κ2) is 9.05. The van der Waals surface area contributed by atoms with E-state index >= 15 is 0 Å². The summed E-state index contributed by atoms with van der Waals surface area (Å²) < 4.78 is 36.6. The van der Waals surface area contributed by atoms with Crippen LogP contribution in [0, 0.1) is 40.4 Å². The summed E-state index contributed by atoms with van der Waals surface area (Å²) in [5.74, 6) is 2.98. The van der Waals surface area contributed by atoms with Crippen LogP contribution in [0.25, 0.3) is 0 Å². The molecule has 33 heavy (non-hydrogen) atoms. The minimum atomic E-state index is -4.41. The molecule has 0 aliphatic heterocycles. The molecular weight excluding hydrogens is 436 g/mol. The molecule has 4 rings (SSSR count). The molecule has 0 saturated heterocycles. The van der Waals surface area contributed by atoms with Crippen molar-refractivity contribution in [1.29, 1.82) is 0 Å². The second-order valence-electron chi connectivity index (χ2n) is 12.6. The second-order valence-corrected chi connectivity index (χ2v) is 13.7. The lowest BCUT2D eigenvalue weighted by molar-refractivity contribution is -0.115. The summed E-state index contributed by atoms with van der Waals surface area (Å²) in [5.41, 5.74) is 2.74. The predicted octanol–water partition coefficient (Wildman–Crippen LogP) is 6.54. The number of fused-ring (bicyclic) bond motifs is 4. The number of hydrogen-bond donors (Lipinski definition) is 1. The van der Waals surface area contributed by atoms with Gasteiger partial charge in [0.2, 0.25) is 0 Å². The van der Waals surface area contributed by atoms with Crippen molar-refractivity contribution in [3.63, 3.8) is 0 Å². The number of ketones is 1. The van der Waals surface area contributed by atoms with Crippen molar-refractivity contribution in [3.8, 4) is 0 Å². The lowest BCUT2D eigenvalue weighted by Crippen LogP contribution is -2.49. The third kappa shape index (κ3) is 4.73. The summed E-state index contributed by atoms with van der Waals surface area (Å²) in [6.07, 6.45) is 10.4. The smallest absolute Gasteiger partial charge is 0.295 e. The zero-order valence-corrected chi connectivity index (χ0v) is 22.0. The average molecular weight is 481 g/mol. The molecule has 1 N–H and O–H groups in total. The van der Waals surface area contributed by atoms with Gasteiger partial charge in [-0.05, 0) is 85.4 Å². The molecule has 188 valence electrons. The molecule has 0 aromatic heterocycles. The molecule has 0 amide bonds. The van der Waals surface area contributed by atoms with E-state index < -0.39 is 16.5 Å². The third-order valence-corrected chi connectivity index (χ3v) is 10.7. The summed E-state index contributed by atoms with van der Waals surface area (Å²) >= 11 is 0. The van der Waals surface area contributed by atoms with Crippen LogP contribution in [0.15, 0.2) is 11.1 Å². The van der Waals surface area contributed by atoms with Crippen LogP contribution < -0.4 is 0 Å². The highest BCUT2D eigenvalue weighted by molar-refractivity contribution is 7.80. The van der Waals surface area contributed by atoms with Gasteiger partial charge < -0.3 is 0 Å². The van der Waals surface area contributed by atoms with E-state index in [0.717, 1.165) is 44.4 Å². The van der Waals surface area contributed by atoms with Crippen LogP contribution in [0.4, 0.5) is 0 Å². The van der Waals surface area contributed by atoms with E-state index in [2.05, 4.69) is 34.6 Å². The van der Waals surface area contributed by atoms with Crippen LogP contribution in [-0.2, 0) is 19.4 Å². The van der Waals surface area contributed by atoms with Gasteiger partial charge in [-0.3, -0.25) is 9.35 Å². The Hall–Kier alpha value is -0.720. The van der Waals surface area contributed by atoms with Gasteiger partial charge in [-0.2, -0.15) is 8.42 Å². The summed E-state index contributed by atoms with van der Waals surface area (Å²) in [7, 11) is -4.41. The molecule has 5 nitrogen and oxygen atoms in total. The highest BCUT2D eigenvalue weighted by atomic mass is 32.3. The van der Waals surface area contributed by atoms with E-state index in [-0.39, 0.29) is 10.8 Å². The van der Waals surface area contributed by atoms with E-state index in [4.69, 9.17) is 8.74 Å². The zero-order chi connectivity index (χ0) is 24.2. The molecule has 0 radical (unpaired) electrons. The first-order valence-corrected chi connectivity index (χ1v) is 14.6. The van der Waals surface area contributed by atoms with E-state index in [1.54, 1.807) is 0 Å². The van der Waals surface area contributed by atoms with Gasteiger partial charge in [0.25, 0.3) is 0 Å². The molecule has 6 heteroatoms. The fraction of sp³-hybridized carbons (Fsp3) is 0.889. The van der Waals surface area contributed by atoms with Crippen LogP contribution in [0.1, 0.15) is 105 Å². The number of carbonyl (C=O) groups excluding carboxylic acids is 1. The number of allylic oxidation sites excluding steroid dienone is 2. The van der Waals surface area contributed by atoms with E-state index in [1.807, 2.05) is 0 Å². The Morgan fingerprint density at radius 3 is 2.48 bits per heavy atom. The molecular formula is C27H44O5S. The Balaban J connectivity index is 1.55. The van der Waals surface area contributed by atoms with Gasteiger partial charge in [0.15, 0.2) is 5.78 Å². The van der Waals surface area contributed by atoms with Crippen LogP contribution in [0.3, 0.4) is 0 Å². The zero-order valence-electron chi connectivity index (χ0n) is 21.2. The molecule has 1 unspecified atom stereocenters. The maximum absolute atomic E-state index is 13.5. The molecule has 0 spiro atoms. The highest BCUT2D eigenvalue weighted by Gasteiger charge is 2.58. The van der Waals surface area contributed by atoms with E-state index in [9.17, 15) is 13.2 Å². The van der Waals surface area contributed by atoms with Crippen LogP contribution in [-0.4, -0.2) is 24.9 Å². The molecule has 7 atom stereocenters. The largest absolute Gasteiger partial charge is 0.397 e. The first kappa shape index (κ1) is 25.4. The van der Waals surface area contributed by atoms with Crippen molar-refractivity contribution in [3.05, 3.63) is 11.1 Å². The van der Waals surface area contributed by atoms with Crippen LogP contribution in [0.5, 0.6) is 0 Å². The molecule has 3 saturated carbocycles. The average Bonchev–Trinajstić information content (AvgIpc) is 2.98. The Morgan fingerprint density at radius 1 is 1.09 bits per heavy atom. The fourth-order valence-electron chi connectivity index (χ4n) is 8.46. The molecule has 0 aromatic rings. The molecule has 0 heterocycles. The number of rotatable bonds is 7. The van der Waals surface area contributed by atoms with Crippen LogP contribution >= 0.6 is 0 Å². The monoisotopic (exact) mass is 480 g/mol. The van der Waals surface area contributed by atoms with Crippen molar-refractivity contribution < 1.29 is 21.9 Å². The Labute approximate surface area is 201 Å². The lowest BCUT2D eigenvalue weighted by Gasteiger charge is -2.56. The Morgan fingerprint density at radius 2 is 1.82 bits per heavy atom. The maximum atomic E-state index is 13.5. The van der Waals surface area contributed by atoms with Crippen molar-refractivity contribution >= 4 is 16.2 Å². The predicted molar refractivity (Wildman–Crippen MR) is 130 cm³/mol. The SMILES string of the molecule is CC(C)CCC[C@@H](C)[C@H]1CC(=O)C2=C3CC[C@H]4C[C@@H](OS(=O)(=O)O)CC[C@]4(C)C3CC[C@@]21C. The fourth-order valence-corrected chi connectivity index (χ4v) is 8.98. The van der Waals surface area contributed by atoms with Gasteiger partial charge in [0.05, 0.1) is 6.10 Å². The number of carbonyl (C=O) groups is 1. The van der Waals surface area contributed by atoms with Crippen molar-refractivity contribution in [2.75, 3.05) is 0 Å². The van der Waals surface area contributed by atoms with Gasteiger partial charge in [-0.25, -0.2) is 4.18 Å². The lowest BCUT2D eigenvalue weighted by atomic mass is 9.48. The van der Waals surface area contributed by atoms with E-state index in [0.29, 0.717) is 42.3 Å². The van der Waals surface area contributed by atoms with Gasteiger partial charge in [-0.15, -0.1) is 0 Å².